The van der Waals surface area contributed by atoms with E-state index >= 15 is 0 Å². The molecule has 1 fully saturated rings. The third kappa shape index (κ3) is 3.97. The van der Waals surface area contributed by atoms with Crippen LogP contribution in [-0.4, -0.2) is 24.0 Å². The van der Waals surface area contributed by atoms with Crippen LogP contribution in [0.5, 0.6) is 0 Å². The van der Waals surface area contributed by atoms with Crippen molar-refractivity contribution in [3.63, 3.8) is 0 Å². The second-order valence-electron chi connectivity index (χ2n) is 5.47. The van der Waals surface area contributed by atoms with Crippen LogP contribution in [0.25, 0.3) is 6.08 Å². The lowest BCUT2D eigenvalue weighted by Crippen LogP contribution is -2.19. The van der Waals surface area contributed by atoms with Gasteiger partial charge < -0.3 is 10.6 Å². The molecule has 0 radical (unpaired) electrons. The molecule has 0 bridgehead atoms. The van der Waals surface area contributed by atoms with Crippen LogP contribution in [-0.2, 0) is 4.79 Å². The molecule has 25 heavy (non-hydrogen) atoms. The summed E-state index contributed by atoms with van der Waals surface area (Å²) >= 11 is 1.30. The van der Waals surface area contributed by atoms with Gasteiger partial charge in [-0.3, -0.25) is 9.59 Å². The third-order valence-corrected chi connectivity index (χ3v) is 4.60. The van der Waals surface area contributed by atoms with Crippen LogP contribution in [0.2, 0.25) is 0 Å². The smallest absolute Gasteiger partial charge is 0.264 e. The number of thioether (sulfide) groups is 1. The van der Waals surface area contributed by atoms with Crippen LogP contribution in [0, 0.1) is 6.92 Å². The highest BCUT2D eigenvalue weighted by Crippen LogP contribution is 2.29. The van der Waals surface area contributed by atoms with Crippen LogP contribution in [0.1, 0.15) is 21.5 Å². The molecule has 5 nitrogen and oxygen atoms in total. The highest BCUT2D eigenvalue weighted by molar-refractivity contribution is 8.18. The molecule has 0 saturated carbocycles. The lowest BCUT2D eigenvalue weighted by Gasteiger charge is -2.00. The summed E-state index contributed by atoms with van der Waals surface area (Å²) in [5.41, 5.74) is 3.31. The Kier molecular flexibility index (Phi) is 5.00. The van der Waals surface area contributed by atoms with Crippen molar-refractivity contribution < 1.29 is 9.59 Å². The standard InChI is InChI=1S/C19H17N3O2S/c1-12-5-3-4-6-15(12)21-19-22-18(24)16(25-19)11-13-7-9-14(10-8-13)17(23)20-2/h3-11H,1-2H3,(H,20,23)(H,21,22,24)/b16-11-. The quantitative estimate of drug-likeness (QED) is 0.834. The summed E-state index contributed by atoms with van der Waals surface area (Å²) in [7, 11) is 1.59. The van der Waals surface area contributed by atoms with Crippen molar-refractivity contribution in [1.82, 2.24) is 10.6 Å². The van der Waals surface area contributed by atoms with Crippen LogP contribution < -0.4 is 10.6 Å². The Morgan fingerprint density at radius 1 is 1.16 bits per heavy atom. The maximum Gasteiger partial charge on any atom is 0.264 e. The van der Waals surface area contributed by atoms with Gasteiger partial charge in [-0.2, -0.15) is 0 Å². The summed E-state index contributed by atoms with van der Waals surface area (Å²) in [6, 6.07) is 14.8. The Balaban J connectivity index is 1.80. The van der Waals surface area contributed by atoms with Gasteiger partial charge in [0.1, 0.15) is 0 Å². The molecule has 2 aromatic rings. The van der Waals surface area contributed by atoms with Gasteiger partial charge >= 0.3 is 0 Å². The van der Waals surface area contributed by atoms with Crippen molar-refractivity contribution in [3.05, 3.63) is 70.1 Å². The molecular formula is C19H17N3O2S. The minimum atomic E-state index is -0.173. The molecular weight excluding hydrogens is 334 g/mol. The maximum absolute atomic E-state index is 12.1. The van der Waals surface area contributed by atoms with Crippen molar-refractivity contribution in [2.24, 2.45) is 4.99 Å². The lowest BCUT2D eigenvalue weighted by atomic mass is 10.1. The first kappa shape index (κ1) is 17.0. The zero-order valence-corrected chi connectivity index (χ0v) is 14.7. The molecule has 2 aromatic carbocycles. The van der Waals surface area contributed by atoms with E-state index in [1.54, 1.807) is 25.3 Å². The number of hydrogen-bond donors (Lipinski definition) is 2. The van der Waals surface area contributed by atoms with Crippen LogP contribution >= 0.6 is 11.8 Å². The summed E-state index contributed by atoms with van der Waals surface area (Å²) < 4.78 is 0. The first-order valence-electron chi connectivity index (χ1n) is 7.74. The Morgan fingerprint density at radius 2 is 1.88 bits per heavy atom. The molecule has 1 aliphatic rings. The number of nitrogens with one attached hydrogen (secondary N) is 2. The van der Waals surface area contributed by atoms with Gasteiger partial charge in [-0.15, -0.1) is 0 Å². The second kappa shape index (κ2) is 7.36. The van der Waals surface area contributed by atoms with Gasteiger partial charge in [-0.05, 0) is 54.1 Å². The summed E-state index contributed by atoms with van der Waals surface area (Å²) in [4.78, 5) is 28.8. The molecule has 2 amide bonds. The molecule has 3 rings (SSSR count). The summed E-state index contributed by atoms with van der Waals surface area (Å²) in [6.45, 7) is 1.98. The summed E-state index contributed by atoms with van der Waals surface area (Å²) in [6.07, 6.45) is 1.79. The number of aliphatic imine (C=N–C) groups is 1. The van der Waals surface area contributed by atoms with E-state index in [1.807, 2.05) is 43.3 Å². The number of carbonyl (C=O) groups excluding carboxylic acids is 2. The number of para-hydroxylation sites is 1. The molecule has 1 aliphatic heterocycles. The first-order chi connectivity index (χ1) is 12.1. The molecule has 2 N–H and O–H groups in total. The van der Waals surface area contributed by atoms with Gasteiger partial charge in [0.25, 0.3) is 11.8 Å². The number of amides is 2. The van der Waals surface area contributed by atoms with Gasteiger partial charge in [-0.25, -0.2) is 4.99 Å². The number of nitrogens with zero attached hydrogens (tertiary/aromatic N) is 1. The Bertz CT molecular complexity index is 886. The fourth-order valence-corrected chi connectivity index (χ4v) is 3.14. The maximum atomic E-state index is 12.1. The topological polar surface area (TPSA) is 70.6 Å². The van der Waals surface area contributed by atoms with E-state index in [4.69, 9.17) is 0 Å². The first-order valence-corrected chi connectivity index (χ1v) is 8.56. The molecule has 1 saturated heterocycles. The van der Waals surface area contributed by atoms with Crippen molar-refractivity contribution >= 4 is 40.5 Å². The predicted molar refractivity (Wildman–Crippen MR) is 102 cm³/mol. The zero-order chi connectivity index (χ0) is 17.8. The Labute approximate surface area is 150 Å². The van der Waals surface area contributed by atoms with Gasteiger partial charge in [0.15, 0.2) is 5.17 Å². The fraction of sp³-hybridized carbons (Fsp3) is 0.105. The summed E-state index contributed by atoms with van der Waals surface area (Å²) in [5.74, 6) is -0.312. The SMILES string of the molecule is CNC(=O)c1ccc(/C=C2\SC(=Nc3ccccc3C)NC2=O)cc1. The molecule has 0 atom stereocenters. The number of amidine groups is 1. The minimum absolute atomic E-state index is 0.139. The van der Waals surface area contributed by atoms with Crippen molar-refractivity contribution in [1.29, 1.82) is 0 Å². The normalized spacial score (nSPS) is 17.0. The fourth-order valence-electron chi connectivity index (χ4n) is 2.31. The van der Waals surface area contributed by atoms with E-state index in [-0.39, 0.29) is 11.8 Å². The molecule has 0 spiro atoms. The van der Waals surface area contributed by atoms with E-state index < -0.39 is 0 Å². The summed E-state index contributed by atoms with van der Waals surface area (Å²) in [5, 5.41) is 5.92. The van der Waals surface area contributed by atoms with Crippen molar-refractivity contribution in [3.8, 4) is 0 Å². The predicted octanol–water partition coefficient (Wildman–Crippen LogP) is 3.25. The van der Waals surface area contributed by atoms with Gasteiger partial charge in [0.2, 0.25) is 0 Å². The number of carbonyl (C=O) groups is 2. The number of rotatable bonds is 3. The highest BCUT2D eigenvalue weighted by Gasteiger charge is 2.23. The van der Waals surface area contributed by atoms with Crippen LogP contribution in [0.15, 0.2) is 58.4 Å². The average Bonchev–Trinajstić information content (AvgIpc) is 2.96. The van der Waals surface area contributed by atoms with E-state index in [0.717, 1.165) is 16.8 Å². The average molecular weight is 351 g/mol. The van der Waals surface area contributed by atoms with Crippen LogP contribution in [0.3, 0.4) is 0 Å². The third-order valence-electron chi connectivity index (χ3n) is 3.69. The Morgan fingerprint density at radius 3 is 2.56 bits per heavy atom. The monoisotopic (exact) mass is 351 g/mol. The van der Waals surface area contributed by atoms with Crippen molar-refractivity contribution in [2.75, 3.05) is 7.05 Å². The van der Waals surface area contributed by atoms with E-state index in [9.17, 15) is 9.59 Å². The lowest BCUT2D eigenvalue weighted by molar-refractivity contribution is -0.115. The zero-order valence-electron chi connectivity index (χ0n) is 13.9. The molecule has 6 heteroatoms. The number of aryl methyl sites for hydroxylation is 1. The van der Waals surface area contributed by atoms with E-state index in [1.165, 1.54) is 11.8 Å². The number of benzene rings is 2. The second-order valence-corrected chi connectivity index (χ2v) is 6.50. The molecule has 0 unspecified atom stereocenters. The van der Waals surface area contributed by atoms with Gasteiger partial charge in [-0.1, -0.05) is 30.3 Å². The molecule has 126 valence electrons. The van der Waals surface area contributed by atoms with Crippen LogP contribution in [0.4, 0.5) is 5.69 Å². The van der Waals surface area contributed by atoms with E-state index in [2.05, 4.69) is 15.6 Å². The molecule has 1 heterocycles. The highest BCUT2D eigenvalue weighted by atomic mass is 32.2. The van der Waals surface area contributed by atoms with Gasteiger partial charge in [0.05, 0.1) is 10.6 Å². The van der Waals surface area contributed by atoms with Gasteiger partial charge in [0, 0.05) is 12.6 Å². The largest absolute Gasteiger partial charge is 0.355 e. The Hall–Kier alpha value is -2.86. The molecule has 0 aliphatic carbocycles. The minimum Gasteiger partial charge on any atom is -0.355 e. The number of hydrogen-bond acceptors (Lipinski definition) is 4. The van der Waals surface area contributed by atoms with Crippen molar-refractivity contribution in [2.45, 2.75) is 6.92 Å². The van der Waals surface area contributed by atoms with E-state index in [0.29, 0.717) is 15.6 Å². The molecule has 0 aromatic heterocycles.